The lowest BCUT2D eigenvalue weighted by Gasteiger charge is -2.53. The van der Waals surface area contributed by atoms with Gasteiger partial charge in [0.25, 0.3) is 0 Å². The van der Waals surface area contributed by atoms with E-state index in [1.165, 1.54) is 0 Å². The molecule has 67 heavy (non-hydrogen) atoms. The van der Waals surface area contributed by atoms with E-state index in [1.54, 1.807) is 0 Å². The van der Waals surface area contributed by atoms with Crippen LogP contribution in [0.2, 0.25) is 0 Å². The Morgan fingerprint density at radius 3 is 0.821 bits per heavy atom. The molecular formula is C41H32O26. The van der Waals surface area contributed by atoms with E-state index in [4.69, 9.17) is 0 Å². The van der Waals surface area contributed by atoms with Crippen molar-refractivity contribution in [1.29, 1.82) is 0 Å². The first-order chi connectivity index (χ1) is 30.9. The van der Waals surface area contributed by atoms with Gasteiger partial charge in [0.1, 0.15) is 0 Å². The molecule has 0 aliphatic heterocycles. The molecule has 5 aromatic rings. The van der Waals surface area contributed by atoms with E-state index in [-0.39, 0.29) is 60.7 Å². The van der Waals surface area contributed by atoms with Gasteiger partial charge in [0.05, 0.1) is 6.61 Å². The van der Waals surface area contributed by atoms with Crippen LogP contribution in [0.3, 0.4) is 0 Å². The molecular weight excluding hydrogens is 908 g/mol. The van der Waals surface area contributed by atoms with Crippen LogP contribution in [0.15, 0.2) is 60.7 Å². The van der Waals surface area contributed by atoms with Gasteiger partial charge >= 0.3 is 0 Å². The summed E-state index contributed by atoms with van der Waals surface area (Å²) in [5, 5.41) is 216. The Labute approximate surface area is 369 Å². The molecule has 0 bridgehead atoms. The standard InChI is InChI=1S/C41H32O26/c42-11-38(64,33(59)13-3-19(45)29(55)20(46)4-13)40(66,35(61)15-7-23(49)31(57)24(50)8-15)41(67,36(62)16-9-25(51)32(58)26(52)10-16)39(65,34(60)14-5-21(47)30(56)22(48)6-14)37(63)27(53)12-1-17(43)28(54)18(44)2-12/h1-10,42-52,54-58,64-67H,11H2/t38-,39+,40+,41+/m0/s1. The summed E-state index contributed by atoms with van der Waals surface area (Å²) in [7, 11) is 0. The first-order valence-corrected chi connectivity index (χ1v) is 17.9. The Kier molecular flexibility index (Phi) is 12.0. The Morgan fingerprint density at radius 2 is 0.552 bits per heavy atom. The first-order valence-electron chi connectivity index (χ1n) is 17.9. The summed E-state index contributed by atoms with van der Waals surface area (Å²) in [6, 6.07) is 0.104. The van der Waals surface area contributed by atoms with Crippen molar-refractivity contribution in [3.8, 4) is 86.2 Å². The molecule has 0 saturated heterocycles. The molecule has 0 aliphatic rings. The van der Waals surface area contributed by atoms with Crippen LogP contribution in [-0.2, 0) is 4.79 Å². The second-order valence-electron chi connectivity index (χ2n) is 14.4. The molecule has 352 valence electrons. The minimum Gasteiger partial charge on any atom is -0.504 e. The van der Waals surface area contributed by atoms with Gasteiger partial charge in [-0.15, -0.1) is 0 Å². The Balaban J connectivity index is 2.13. The van der Waals surface area contributed by atoms with Gasteiger partial charge in [-0.05, 0) is 60.7 Å². The molecule has 0 unspecified atom stereocenters. The van der Waals surface area contributed by atoms with Gasteiger partial charge in [-0.3, -0.25) is 28.8 Å². The average molecular weight is 941 g/mol. The van der Waals surface area contributed by atoms with Crippen LogP contribution < -0.4 is 0 Å². The highest BCUT2D eigenvalue weighted by Crippen LogP contribution is 2.51. The highest BCUT2D eigenvalue weighted by molar-refractivity contribution is 6.52. The number of aromatic hydroxyl groups is 15. The average Bonchev–Trinajstić information content (AvgIpc) is 3.28. The normalized spacial score (nSPS) is 14.9. The number of rotatable bonds is 15. The molecule has 0 aliphatic carbocycles. The number of benzene rings is 5. The molecule has 5 rings (SSSR count). The molecule has 0 fully saturated rings. The minimum absolute atomic E-state index is 0.0241. The lowest BCUT2D eigenvalue weighted by atomic mass is 9.54. The lowest BCUT2D eigenvalue weighted by molar-refractivity contribution is -0.230. The zero-order valence-electron chi connectivity index (χ0n) is 32.9. The number of carbonyl (C=O) groups excluding carboxylic acids is 6. The van der Waals surface area contributed by atoms with Crippen LogP contribution in [0.5, 0.6) is 86.2 Å². The maximum atomic E-state index is 15.3. The van der Waals surface area contributed by atoms with Gasteiger partial charge in [-0.25, -0.2) is 0 Å². The van der Waals surface area contributed by atoms with Gasteiger partial charge in [0.2, 0.25) is 51.5 Å². The number of carbonyl (C=O) groups is 6. The SMILES string of the molecule is O=C(C(=O)[C@](O)(C(=O)c1cc(O)c(O)c(O)c1)[C@](O)(C(=O)c1cc(O)c(O)c(O)c1)[C@@](O)(C(=O)c1cc(O)c(O)c(O)c1)[C@](O)(CO)C(=O)c1cc(O)c(O)c(O)c1)c1cc(O)c(O)c(O)c1. The summed E-state index contributed by atoms with van der Waals surface area (Å²) in [5.74, 6) is -40.1. The van der Waals surface area contributed by atoms with E-state index < -0.39 is 178 Å². The predicted octanol–water partition coefficient (Wildman–Crippen LogP) is -1.53. The second kappa shape index (κ2) is 16.5. The van der Waals surface area contributed by atoms with E-state index in [1.807, 2.05) is 0 Å². The summed E-state index contributed by atoms with van der Waals surface area (Å²) in [6.07, 6.45) is 0. The zero-order valence-corrected chi connectivity index (χ0v) is 32.9. The summed E-state index contributed by atoms with van der Waals surface area (Å²) in [6.45, 7) is -2.69. The zero-order chi connectivity index (χ0) is 50.8. The van der Waals surface area contributed by atoms with Crippen molar-refractivity contribution in [2.45, 2.75) is 22.4 Å². The van der Waals surface area contributed by atoms with Crippen molar-refractivity contribution in [1.82, 2.24) is 0 Å². The topological polar surface area (TPSA) is 507 Å². The molecule has 4 atom stereocenters. The van der Waals surface area contributed by atoms with E-state index in [0.717, 1.165) is 0 Å². The number of hydrogen-bond donors (Lipinski definition) is 20. The van der Waals surface area contributed by atoms with Crippen LogP contribution in [0.1, 0.15) is 51.8 Å². The highest BCUT2D eigenvalue weighted by atomic mass is 16.4. The molecule has 0 saturated carbocycles. The van der Waals surface area contributed by atoms with Gasteiger partial charge < -0.3 is 102 Å². The van der Waals surface area contributed by atoms with Crippen molar-refractivity contribution < 1.29 is 131 Å². The van der Waals surface area contributed by atoms with Gasteiger partial charge in [-0.2, -0.15) is 0 Å². The Hall–Kier alpha value is -9.08. The van der Waals surface area contributed by atoms with Crippen LogP contribution in [0.4, 0.5) is 0 Å². The number of aliphatic hydroxyl groups is 5. The van der Waals surface area contributed by atoms with Gasteiger partial charge in [0.15, 0.2) is 91.8 Å². The van der Waals surface area contributed by atoms with E-state index in [2.05, 4.69) is 0 Å². The maximum Gasteiger partial charge on any atom is 0.246 e. The second-order valence-corrected chi connectivity index (χ2v) is 14.4. The van der Waals surface area contributed by atoms with Crippen molar-refractivity contribution in [3.63, 3.8) is 0 Å². The number of Topliss-reactive ketones (excluding diaryl/α,β-unsaturated/α-hetero) is 6. The largest absolute Gasteiger partial charge is 0.504 e. The van der Waals surface area contributed by atoms with Crippen molar-refractivity contribution in [2.75, 3.05) is 6.61 Å². The fourth-order valence-electron chi connectivity index (χ4n) is 6.86. The molecule has 26 nitrogen and oxygen atoms in total. The first kappa shape index (κ1) is 48.9. The van der Waals surface area contributed by atoms with Gasteiger partial charge in [-0.1, -0.05) is 0 Å². The maximum absolute atomic E-state index is 15.3. The highest BCUT2D eigenvalue weighted by Gasteiger charge is 2.82. The Morgan fingerprint density at radius 1 is 0.328 bits per heavy atom. The fraction of sp³-hybridized carbons (Fsp3) is 0.122. The lowest BCUT2D eigenvalue weighted by Crippen LogP contribution is -2.86. The summed E-state index contributed by atoms with van der Waals surface area (Å²) >= 11 is 0. The molecule has 0 radical (unpaired) electrons. The van der Waals surface area contributed by atoms with Crippen LogP contribution in [0.25, 0.3) is 0 Å². The number of phenolic OH excluding ortho intramolecular Hbond substituents is 15. The molecule has 20 N–H and O–H groups in total. The van der Waals surface area contributed by atoms with Crippen molar-refractivity contribution in [3.05, 3.63) is 88.5 Å². The predicted molar refractivity (Wildman–Crippen MR) is 211 cm³/mol. The fourth-order valence-corrected chi connectivity index (χ4v) is 6.86. The van der Waals surface area contributed by atoms with E-state index in [0.29, 0.717) is 0 Å². The molecule has 0 amide bonds. The van der Waals surface area contributed by atoms with Crippen LogP contribution in [0, 0.1) is 0 Å². The Bertz CT molecular complexity index is 2880. The molecule has 5 aromatic carbocycles. The third-order valence-electron chi connectivity index (χ3n) is 10.4. The van der Waals surface area contributed by atoms with E-state index >= 15 is 9.59 Å². The van der Waals surface area contributed by atoms with E-state index in [9.17, 15) is 121 Å². The summed E-state index contributed by atoms with van der Waals surface area (Å²) < 4.78 is 0. The number of ketones is 6. The third-order valence-corrected chi connectivity index (χ3v) is 10.4. The third kappa shape index (κ3) is 7.15. The number of aliphatic hydroxyl groups excluding tert-OH is 1. The molecule has 0 aromatic heterocycles. The summed E-state index contributed by atoms with van der Waals surface area (Å²) in [4.78, 5) is 89.1. The molecule has 0 heterocycles. The minimum atomic E-state index is -5.86. The summed E-state index contributed by atoms with van der Waals surface area (Å²) in [5.41, 5.74) is -30.4. The van der Waals surface area contributed by atoms with Gasteiger partial charge in [0, 0.05) is 27.8 Å². The smallest absolute Gasteiger partial charge is 0.246 e. The van der Waals surface area contributed by atoms with Crippen molar-refractivity contribution in [2.24, 2.45) is 0 Å². The molecule has 0 spiro atoms. The van der Waals surface area contributed by atoms with Crippen LogP contribution in [-0.4, -0.2) is 166 Å². The number of phenols is 15. The molecule has 26 heteroatoms. The van der Waals surface area contributed by atoms with Crippen LogP contribution >= 0.6 is 0 Å². The monoisotopic (exact) mass is 940 g/mol. The quantitative estimate of drug-likeness (QED) is 0.0245. The number of hydrogen-bond acceptors (Lipinski definition) is 26. The van der Waals surface area contributed by atoms with Crippen molar-refractivity contribution >= 4 is 34.7 Å².